The number of hydrogen-bond donors (Lipinski definition) is 0. The molecule has 0 aromatic carbocycles. The van der Waals surface area contributed by atoms with Crippen molar-refractivity contribution in [3.05, 3.63) is 24.7 Å². The number of piperidine rings is 1. The first-order valence-corrected chi connectivity index (χ1v) is 9.40. The van der Waals surface area contributed by atoms with Gasteiger partial charge in [0.1, 0.15) is 11.8 Å². The summed E-state index contributed by atoms with van der Waals surface area (Å²) in [6.07, 6.45) is 6.05. The van der Waals surface area contributed by atoms with E-state index in [4.69, 9.17) is 0 Å². The lowest BCUT2D eigenvalue weighted by molar-refractivity contribution is 0.269. The summed E-state index contributed by atoms with van der Waals surface area (Å²) in [6.45, 7) is 1.64. The third kappa shape index (κ3) is 2.33. The van der Waals surface area contributed by atoms with Crippen LogP contribution in [0.2, 0.25) is 0 Å². The number of anilines is 1. The van der Waals surface area contributed by atoms with Gasteiger partial charge >= 0.3 is 0 Å². The van der Waals surface area contributed by atoms with Gasteiger partial charge in [-0.25, -0.2) is 18.4 Å². The van der Waals surface area contributed by atoms with E-state index in [1.54, 1.807) is 12.5 Å². The summed E-state index contributed by atoms with van der Waals surface area (Å²) in [6, 6.07) is 3.79. The average Bonchev–Trinajstić information content (AvgIpc) is 2.81. The minimum absolute atomic E-state index is 0.108. The largest absolute Gasteiger partial charge is 0.354 e. The third-order valence-corrected chi connectivity index (χ3v) is 6.68. The van der Waals surface area contributed by atoms with Crippen molar-refractivity contribution in [1.29, 1.82) is 0 Å². The Balaban J connectivity index is 1.70. The lowest BCUT2D eigenvalue weighted by Crippen LogP contribution is -2.44. The Morgan fingerprint density at radius 2 is 2.09 bits per heavy atom. The van der Waals surface area contributed by atoms with Gasteiger partial charge in [0.25, 0.3) is 0 Å². The summed E-state index contributed by atoms with van der Waals surface area (Å²) < 4.78 is 23.8. The fourth-order valence-corrected chi connectivity index (χ4v) is 6.01. The molecule has 6 nitrogen and oxygen atoms in total. The summed E-state index contributed by atoms with van der Waals surface area (Å²) in [5.74, 6) is 1.46. The van der Waals surface area contributed by atoms with E-state index in [9.17, 15) is 8.42 Å². The first-order chi connectivity index (χ1) is 10.6. The van der Waals surface area contributed by atoms with Crippen LogP contribution in [0.25, 0.3) is 11.0 Å². The Hall–Kier alpha value is -1.76. The van der Waals surface area contributed by atoms with Gasteiger partial charge < -0.3 is 4.90 Å². The number of fused-ring (bicyclic) bond motifs is 1. The lowest BCUT2D eigenvalue weighted by Gasteiger charge is -2.40. The summed E-state index contributed by atoms with van der Waals surface area (Å²) in [7, 11) is -2.88. The molecule has 4 rings (SSSR count). The first kappa shape index (κ1) is 13.9. The second-order valence-electron chi connectivity index (χ2n) is 6.44. The second kappa shape index (κ2) is 4.87. The van der Waals surface area contributed by atoms with Gasteiger partial charge in [-0.3, -0.25) is 4.98 Å². The Bertz CT molecular complexity index is 818. The molecule has 0 radical (unpaired) electrons. The van der Waals surface area contributed by atoms with E-state index < -0.39 is 9.84 Å². The maximum Gasteiger partial charge on any atom is 0.158 e. The van der Waals surface area contributed by atoms with Crippen molar-refractivity contribution < 1.29 is 8.42 Å². The van der Waals surface area contributed by atoms with E-state index >= 15 is 0 Å². The predicted molar refractivity (Wildman–Crippen MR) is 84.5 cm³/mol. The normalized spacial score (nSPS) is 27.5. The average molecular weight is 318 g/mol. The van der Waals surface area contributed by atoms with Gasteiger partial charge in [0.15, 0.2) is 15.7 Å². The third-order valence-electron chi connectivity index (χ3n) is 4.81. The van der Waals surface area contributed by atoms with Gasteiger partial charge in [-0.05, 0) is 31.4 Å². The van der Waals surface area contributed by atoms with Gasteiger partial charge in [-0.2, -0.15) is 0 Å². The molecule has 116 valence electrons. The zero-order valence-electron chi connectivity index (χ0n) is 12.3. The molecule has 2 aliphatic heterocycles. The minimum atomic E-state index is -2.88. The second-order valence-corrected chi connectivity index (χ2v) is 8.62. The molecule has 0 amide bonds. The Kier molecular flexibility index (Phi) is 3.07. The van der Waals surface area contributed by atoms with Gasteiger partial charge in [0.05, 0.1) is 17.0 Å². The quantitative estimate of drug-likeness (QED) is 0.792. The maximum atomic E-state index is 11.9. The molecule has 0 bridgehead atoms. The van der Waals surface area contributed by atoms with E-state index in [2.05, 4.69) is 19.9 Å². The summed E-state index contributed by atoms with van der Waals surface area (Å²) in [5, 5.41) is 0. The number of sulfone groups is 1. The fourth-order valence-electron chi connectivity index (χ4n) is 3.81. The molecule has 0 N–H and O–H groups in total. The van der Waals surface area contributed by atoms with Crippen LogP contribution in [0.1, 0.15) is 19.3 Å². The zero-order chi connectivity index (χ0) is 15.2. The molecule has 2 aliphatic rings. The summed E-state index contributed by atoms with van der Waals surface area (Å²) >= 11 is 0. The van der Waals surface area contributed by atoms with Gasteiger partial charge in [-0.15, -0.1) is 0 Å². The van der Waals surface area contributed by atoms with Crippen LogP contribution in [0.5, 0.6) is 0 Å². The van der Waals surface area contributed by atoms with Crippen LogP contribution in [0.3, 0.4) is 0 Å². The van der Waals surface area contributed by atoms with Crippen LogP contribution in [0.4, 0.5) is 5.82 Å². The van der Waals surface area contributed by atoms with E-state index in [1.165, 1.54) is 0 Å². The van der Waals surface area contributed by atoms with Gasteiger partial charge in [-0.1, -0.05) is 0 Å². The molecule has 1 unspecified atom stereocenters. The number of rotatable bonds is 1. The van der Waals surface area contributed by atoms with E-state index in [1.807, 2.05) is 12.1 Å². The fraction of sp³-hybridized carbons (Fsp3) is 0.533. The molecule has 0 saturated carbocycles. The smallest absolute Gasteiger partial charge is 0.158 e. The van der Waals surface area contributed by atoms with Crippen molar-refractivity contribution >= 4 is 26.7 Å². The van der Waals surface area contributed by atoms with E-state index in [0.29, 0.717) is 11.5 Å². The molecule has 2 aromatic heterocycles. The van der Waals surface area contributed by atoms with E-state index in [0.717, 1.165) is 49.2 Å². The molecule has 2 saturated heterocycles. The summed E-state index contributed by atoms with van der Waals surface area (Å²) in [4.78, 5) is 15.3. The maximum absolute atomic E-state index is 11.9. The number of hydrogen-bond acceptors (Lipinski definition) is 6. The van der Waals surface area contributed by atoms with Crippen molar-refractivity contribution in [1.82, 2.24) is 15.0 Å². The molecule has 1 atom stereocenters. The topological polar surface area (TPSA) is 76.1 Å². The zero-order valence-corrected chi connectivity index (χ0v) is 13.1. The molecule has 0 aliphatic carbocycles. The number of nitrogens with zero attached hydrogens (tertiary/aromatic N) is 4. The van der Waals surface area contributed by atoms with Crippen LogP contribution >= 0.6 is 0 Å². The Labute approximate surface area is 129 Å². The minimum Gasteiger partial charge on any atom is -0.354 e. The molecular weight excluding hydrogens is 300 g/mol. The standard InChI is InChI=1S/C15H18N4O2S/c20-22(21)8-5-15(10-22)4-2-7-19(9-15)14-13-12(17-11-18-14)3-1-6-16-13/h1,3,6,11H,2,4-5,7-10H2. The van der Waals surface area contributed by atoms with Crippen LogP contribution < -0.4 is 4.90 Å². The van der Waals surface area contributed by atoms with Crippen molar-refractivity contribution in [2.24, 2.45) is 5.41 Å². The van der Waals surface area contributed by atoms with Crippen LogP contribution in [-0.4, -0.2) is 48.0 Å². The van der Waals surface area contributed by atoms with Gasteiger partial charge in [0, 0.05) is 24.7 Å². The van der Waals surface area contributed by atoms with Crippen LogP contribution in [-0.2, 0) is 9.84 Å². The summed E-state index contributed by atoms with van der Waals surface area (Å²) in [5.41, 5.74) is 1.51. The highest BCUT2D eigenvalue weighted by atomic mass is 32.2. The number of pyridine rings is 1. The molecule has 2 fully saturated rings. The molecule has 1 spiro atoms. The van der Waals surface area contributed by atoms with Gasteiger partial charge in [0.2, 0.25) is 0 Å². The highest BCUT2D eigenvalue weighted by Gasteiger charge is 2.45. The molecule has 4 heterocycles. The molecule has 22 heavy (non-hydrogen) atoms. The molecule has 7 heteroatoms. The van der Waals surface area contributed by atoms with Crippen molar-refractivity contribution in [3.8, 4) is 0 Å². The Morgan fingerprint density at radius 3 is 2.91 bits per heavy atom. The van der Waals surface area contributed by atoms with Crippen molar-refractivity contribution in [2.45, 2.75) is 19.3 Å². The highest BCUT2D eigenvalue weighted by Crippen LogP contribution is 2.41. The number of aromatic nitrogens is 3. The highest BCUT2D eigenvalue weighted by molar-refractivity contribution is 7.91. The van der Waals surface area contributed by atoms with Crippen LogP contribution in [0.15, 0.2) is 24.7 Å². The monoisotopic (exact) mass is 318 g/mol. The lowest BCUT2D eigenvalue weighted by atomic mass is 9.79. The SMILES string of the molecule is O=S1(=O)CCC2(CCCN(c3ncnc4cccnc34)C2)C1. The molecular formula is C15H18N4O2S. The predicted octanol–water partition coefficient (Wildman–Crippen LogP) is 1.43. The van der Waals surface area contributed by atoms with Crippen molar-refractivity contribution in [2.75, 3.05) is 29.5 Å². The Morgan fingerprint density at radius 1 is 1.18 bits per heavy atom. The first-order valence-electron chi connectivity index (χ1n) is 7.58. The van der Waals surface area contributed by atoms with Crippen LogP contribution in [0, 0.1) is 5.41 Å². The molecule has 2 aromatic rings. The van der Waals surface area contributed by atoms with Crippen molar-refractivity contribution in [3.63, 3.8) is 0 Å². The van der Waals surface area contributed by atoms with E-state index in [-0.39, 0.29) is 5.41 Å².